The van der Waals surface area contributed by atoms with Crippen molar-refractivity contribution in [1.29, 1.82) is 0 Å². The van der Waals surface area contributed by atoms with E-state index in [0.29, 0.717) is 31.1 Å². The Hall–Kier alpha value is -1.14. The minimum atomic E-state index is -0.755. The molecule has 0 amide bonds. The molecule has 4 rings (SSSR count). The van der Waals surface area contributed by atoms with E-state index in [0.717, 1.165) is 57.8 Å². The van der Waals surface area contributed by atoms with Crippen LogP contribution in [0.1, 0.15) is 111 Å². The average Bonchev–Trinajstić information content (AvgIpc) is 3.18. The number of carbonyl (C=O) groups is 2. The molecule has 0 aromatic heterocycles. The average molecular weight is 507 g/mol. The second-order valence-electron chi connectivity index (χ2n) is 13.4. The smallest absolute Gasteiger partial charge is 0.306 e. The molecule has 0 radical (unpaired) electrons. The molecule has 3 unspecified atom stereocenters. The number of esters is 1. The van der Waals surface area contributed by atoms with Crippen LogP contribution in [0.2, 0.25) is 0 Å². The lowest BCUT2D eigenvalue weighted by atomic mass is 9.43. The lowest BCUT2D eigenvalue weighted by molar-refractivity contribution is -0.209. The van der Waals surface area contributed by atoms with Crippen LogP contribution in [0, 0.1) is 46.3 Å². The first kappa shape index (κ1) is 27.9. The summed E-state index contributed by atoms with van der Waals surface area (Å²) in [5, 5.41) is 32.4. The summed E-state index contributed by atoms with van der Waals surface area (Å²) in [6, 6.07) is 0. The number of fused-ring (bicyclic) bond motifs is 5. The lowest BCUT2D eigenvalue weighted by Crippen LogP contribution is -2.62. The van der Waals surface area contributed by atoms with Crippen molar-refractivity contribution in [2.75, 3.05) is 0 Å². The monoisotopic (exact) mass is 506 g/mol. The van der Waals surface area contributed by atoms with Gasteiger partial charge in [-0.05, 0) is 104 Å². The zero-order valence-electron chi connectivity index (χ0n) is 23.0. The maximum Gasteiger partial charge on any atom is 0.306 e. The zero-order chi connectivity index (χ0) is 26.3. The summed E-state index contributed by atoms with van der Waals surface area (Å²) in [6.45, 7) is 8.88. The molecule has 36 heavy (non-hydrogen) atoms. The molecular formula is C30H50O6. The summed E-state index contributed by atoms with van der Waals surface area (Å²) in [5.41, 5.74) is -0.223. The number of aliphatic hydroxyl groups excluding tert-OH is 2. The third kappa shape index (κ3) is 4.98. The van der Waals surface area contributed by atoms with Crippen LogP contribution in [-0.4, -0.2) is 45.6 Å². The molecule has 6 heteroatoms. The van der Waals surface area contributed by atoms with Crippen molar-refractivity contribution in [3.05, 3.63) is 0 Å². The molecule has 3 N–H and O–H groups in total. The van der Waals surface area contributed by atoms with Gasteiger partial charge in [0.2, 0.25) is 0 Å². The van der Waals surface area contributed by atoms with Crippen LogP contribution in [0.25, 0.3) is 0 Å². The van der Waals surface area contributed by atoms with Crippen LogP contribution in [0.4, 0.5) is 0 Å². The normalized spacial score (nSPS) is 44.7. The molecule has 11 atom stereocenters. The van der Waals surface area contributed by atoms with Crippen LogP contribution in [0.15, 0.2) is 0 Å². The summed E-state index contributed by atoms with van der Waals surface area (Å²) in [6.07, 6.45) is 9.63. The van der Waals surface area contributed by atoms with E-state index in [4.69, 9.17) is 4.74 Å². The Morgan fingerprint density at radius 2 is 1.75 bits per heavy atom. The molecule has 0 aromatic carbocycles. The molecule has 0 bridgehead atoms. The minimum Gasteiger partial charge on any atom is -0.481 e. The van der Waals surface area contributed by atoms with Gasteiger partial charge in [-0.1, -0.05) is 40.5 Å². The van der Waals surface area contributed by atoms with Crippen molar-refractivity contribution in [2.24, 2.45) is 46.3 Å². The van der Waals surface area contributed by atoms with Crippen LogP contribution in [-0.2, 0) is 14.3 Å². The number of rotatable bonds is 9. The Balaban J connectivity index is 1.46. The number of aliphatic hydroxyl groups is 2. The van der Waals surface area contributed by atoms with Gasteiger partial charge < -0.3 is 20.1 Å². The van der Waals surface area contributed by atoms with E-state index in [9.17, 15) is 24.9 Å². The number of hydrogen-bond acceptors (Lipinski definition) is 5. The summed E-state index contributed by atoms with van der Waals surface area (Å²) in [5.74, 6) is 0.730. The number of carboxylic acid groups (broad SMARTS) is 1. The van der Waals surface area contributed by atoms with E-state index in [-0.39, 0.29) is 53.0 Å². The number of unbranched alkanes of at least 4 members (excludes halogenated alkanes) is 2. The quantitative estimate of drug-likeness (QED) is 0.279. The van der Waals surface area contributed by atoms with Crippen molar-refractivity contribution in [1.82, 2.24) is 0 Å². The zero-order valence-corrected chi connectivity index (χ0v) is 23.0. The van der Waals surface area contributed by atoms with Gasteiger partial charge in [0.15, 0.2) is 0 Å². The summed E-state index contributed by atoms with van der Waals surface area (Å²) < 4.78 is 5.88. The second kappa shape index (κ2) is 10.9. The minimum absolute atomic E-state index is 0.0460. The van der Waals surface area contributed by atoms with Gasteiger partial charge in [0.05, 0.1) is 12.2 Å². The second-order valence-corrected chi connectivity index (χ2v) is 13.4. The van der Waals surface area contributed by atoms with Crippen molar-refractivity contribution >= 4 is 11.9 Å². The number of aliphatic carboxylic acids is 1. The molecule has 0 spiro atoms. The van der Waals surface area contributed by atoms with Crippen LogP contribution in [0.5, 0.6) is 0 Å². The number of ether oxygens (including phenoxy) is 1. The van der Waals surface area contributed by atoms with Crippen molar-refractivity contribution in [2.45, 2.75) is 129 Å². The summed E-state index contributed by atoms with van der Waals surface area (Å²) in [7, 11) is 0. The Morgan fingerprint density at radius 3 is 2.44 bits per heavy atom. The van der Waals surface area contributed by atoms with Crippen LogP contribution >= 0.6 is 0 Å². The maximum atomic E-state index is 12.4. The molecule has 0 heterocycles. The molecule has 0 aromatic rings. The van der Waals surface area contributed by atoms with Gasteiger partial charge in [-0.25, -0.2) is 0 Å². The largest absolute Gasteiger partial charge is 0.481 e. The van der Waals surface area contributed by atoms with E-state index in [2.05, 4.69) is 27.7 Å². The first-order valence-corrected chi connectivity index (χ1v) is 14.8. The number of carbonyl (C=O) groups excluding carboxylic acids is 1. The van der Waals surface area contributed by atoms with Crippen LogP contribution < -0.4 is 0 Å². The fraction of sp³-hybridized carbons (Fsp3) is 0.933. The molecule has 0 aliphatic heterocycles. The SMILES string of the molecule is CCCCCC(=O)O[C@@H]1CC[C@]2(C)C3C[C@H](O)[C@@]4(C)C(CC[C@@H]4[C@H](C)CCC(=O)O)C3[C@H](O)C[C@@H]2C1. The molecular weight excluding hydrogens is 456 g/mol. The van der Waals surface area contributed by atoms with Crippen molar-refractivity contribution in [3.8, 4) is 0 Å². The highest BCUT2D eigenvalue weighted by Gasteiger charge is 2.65. The van der Waals surface area contributed by atoms with Gasteiger partial charge in [0.25, 0.3) is 0 Å². The maximum absolute atomic E-state index is 12.4. The fourth-order valence-electron chi connectivity index (χ4n) is 9.54. The Morgan fingerprint density at radius 1 is 1.00 bits per heavy atom. The molecule has 4 saturated carbocycles. The predicted octanol–water partition coefficient (Wildman–Crippen LogP) is 5.58. The van der Waals surface area contributed by atoms with Gasteiger partial charge in [0, 0.05) is 12.8 Å². The molecule has 206 valence electrons. The van der Waals surface area contributed by atoms with Crippen molar-refractivity contribution < 1.29 is 29.6 Å². The highest BCUT2D eigenvalue weighted by atomic mass is 16.5. The van der Waals surface area contributed by atoms with E-state index >= 15 is 0 Å². The van der Waals surface area contributed by atoms with E-state index < -0.39 is 18.2 Å². The lowest BCUT2D eigenvalue weighted by Gasteiger charge is -2.63. The summed E-state index contributed by atoms with van der Waals surface area (Å²) >= 11 is 0. The fourth-order valence-corrected chi connectivity index (χ4v) is 9.54. The Labute approximate surface area is 217 Å². The molecule has 6 nitrogen and oxygen atoms in total. The van der Waals surface area contributed by atoms with Crippen LogP contribution in [0.3, 0.4) is 0 Å². The van der Waals surface area contributed by atoms with E-state index in [1.807, 2.05) is 0 Å². The van der Waals surface area contributed by atoms with Gasteiger partial charge in [-0.15, -0.1) is 0 Å². The van der Waals surface area contributed by atoms with Gasteiger partial charge in [-0.3, -0.25) is 9.59 Å². The third-order valence-corrected chi connectivity index (χ3v) is 11.6. The van der Waals surface area contributed by atoms with Gasteiger partial charge >= 0.3 is 11.9 Å². The van der Waals surface area contributed by atoms with E-state index in [1.165, 1.54) is 0 Å². The van der Waals surface area contributed by atoms with Gasteiger partial charge in [0.1, 0.15) is 6.10 Å². The number of carboxylic acids is 1. The molecule has 4 aliphatic carbocycles. The third-order valence-electron chi connectivity index (χ3n) is 11.6. The molecule has 0 saturated heterocycles. The Bertz CT molecular complexity index is 798. The molecule has 4 fully saturated rings. The van der Waals surface area contributed by atoms with Crippen molar-refractivity contribution in [3.63, 3.8) is 0 Å². The highest BCUT2D eigenvalue weighted by Crippen LogP contribution is 2.68. The van der Waals surface area contributed by atoms with E-state index in [1.54, 1.807) is 0 Å². The highest BCUT2D eigenvalue weighted by molar-refractivity contribution is 5.69. The first-order valence-electron chi connectivity index (χ1n) is 14.8. The standard InChI is InChI=1S/C30H50O6/c1-5-6-7-8-27(35)36-20-13-14-29(3)19(15-20)16-24(31)28-22-11-10-21(18(2)9-12-26(33)34)30(22,4)25(32)17-23(28)29/h18-25,28,31-32H,5-17H2,1-4H3,(H,33,34)/t18-,19+,20-,21-,22?,23?,24-,25+,28?,29+,30-/m1/s1. The predicted molar refractivity (Wildman–Crippen MR) is 138 cm³/mol. The van der Waals surface area contributed by atoms with Gasteiger partial charge in [-0.2, -0.15) is 0 Å². The first-order chi connectivity index (χ1) is 17.0. The summed E-state index contributed by atoms with van der Waals surface area (Å²) in [4.78, 5) is 23.5. The molecule has 4 aliphatic rings. The Kier molecular flexibility index (Phi) is 8.46. The number of hydrogen-bond donors (Lipinski definition) is 3. The topological polar surface area (TPSA) is 104 Å².